The number of ketones is 1. The van der Waals surface area contributed by atoms with Crippen molar-refractivity contribution in [2.75, 3.05) is 0 Å². The van der Waals surface area contributed by atoms with Crippen LogP contribution < -0.4 is 0 Å². The van der Waals surface area contributed by atoms with Crippen LogP contribution in [0.25, 0.3) is 10.6 Å². The van der Waals surface area contributed by atoms with Gasteiger partial charge in [-0.2, -0.15) is 0 Å². The molecule has 2 aromatic rings. The molecule has 0 aliphatic heterocycles. The van der Waals surface area contributed by atoms with E-state index in [1.807, 2.05) is 30.5 Å². The number of thiazole rings is 1. The lowest BCUT2D eigenvalue weighted by molar-refractivity contribution is -0.118. The number of aromatic nitrogens is 1. The van der Waals surface area contributed by atoms with Gasteiger partial charge in [0.2, 0.25) is 0 Å². The average molecular weight is 346 g/mol. The minimum absolute atomic E-state index is 0.236. The number of hydrogen-bond acceptors (Lipinski definition) is 4. The SMILES string of the molecule is O=C1C=C(OCc2cnc(-c3ccc(Cl)cc3)s2)C2CCC1C2. The van der Waals surface area contributed by atoms with Gasteiger partial charge in [-0.3, -0.25) is 4.79 Å². The molecular weight excluding hydrogens is 330 g/mol. The smallest absolute Gasteiger partial charge is 0.162 e. The first-order valence-electron chi connectivity index (χ1n) is 7.78. The fourth-order valence-corrected chi connectivity index (χ4v) is 4.25. The largest absolute Gasteiger partial charge is 0.492 e. The van der Waals surface area contributed by atoms with Crippen molar-refractivity contribution in [2.45, 2.75) is 25.9 Å². The molecule has 1 aromatic carbocycles. The highest BCUT2D eigenvalue weighted by atomic mass is 35.5. The molecule has 0 N–H and O–H groups in total. The standard InChI is InChI=1S/C18H16ClNO2S/c19-14-5-3-11(4-6-14)18-20-9-15(23-18)10-22-17-8-16(21)12-1-2-13(17)7-12/h3-6,8-9,12-13H,1-2,7,10H2. The van der Waals surface area contributed by atoms with E-state index in [1.54, 1.807) is 17.4 Å². The molecule has 1 fully saturated rings. The van der Waals surface area contributed by atoms with Gasteiger partial charge in [-0.15, -0.1) is 11.3 Å². The van der Waals surface area contributed by atoms with Crippen LogP contribution in [0.4, 0.5) is 0 Å². The summed E-state index contributed by atoms with van der Waals surface area (Å²) in [5.74, 6) is 1.78. The zero-order chi connectivity index (χ0) is 15.8. The lowest BCUT2D eigenvalue weighted by Gasteiger charge is -2.19. The monoisotopic (exact) mass is 345 g/mol. The molecule has 3 nitrogen and oxygen atoms in total. The van der Waals surface area contributed by atoms with Gasteiger partial charge < -0.3 is 4.74 Å². The first-order chi connectivity index (χ1) is 11.2. The molecule has 118 valence electrons. The highest BCUT2D eigenvalue weighted by Crippen LogP contribution is 2.41. The Morgan fingerprint density at radius 3 is 2.83 bits per heavy atom. The Bertz CT molecular complexity index is 766. The summed E-state index contributed by atoms with van der Waals surface area (Å²) in [5.41, 5.74) is 1.05. The van der Waals surface area contributed by atoms with Crippen LogP contribution in [-0.4, -0.2) is 10.8 Å². The van der Waals surface area contributed by atoms with Crippen LogP contribution in [-0.2, 0) is 16.1 Å². The second kappa shape index (κ2) is 6.10. The fraction of sp³-hybridized carbons (Fsp3) is 0.333. The summed E-state index contributed by atoms with van der Waals surface area (Å²) >= 11 is 7.52. The first-order valence-corrected chi connectivity index (χ1v) is 8.97. The van der Waals surface area contributed by atoms with Crippen molar-refractivity contribution in [1.29, 1.82) is 0 Å². The van der Waals surface area contributed by atoms with Crippen LogP contribution >= 0.6 is 22.9 Å². The average Bonchev–Trinajstić information content (AvgIpc) is 3.19. The highest BCUT2D eigenvalue weighted by Gasteiger charge is 2.36. The van der Waals surface area contributed by atoms with Crippen LogP contribution in [0.2, 0.25) is 5.02 Å². The number of halogens is 1. The molecule has 23 heavy (non-hydrogen) atoms. The zero-order valence-electron chi connectivity index (χ0n) is 12.5. The summed E-state index contributed by atoms with van der Waals surface area (Å²) in [6.45, 7) is 0.478. The van der Waals surface area contributed by atoms with Gasteiger partial charge in [0.15, 0.2) is 5.78 Å². The number of nitrogens with zero attached hydrogens (tertiary/aromatic N) is 1. The Balaban J connectivity index is 1.44. The van der Waals surface area contributed by atoms with Crippen molar-refractivity contribution in [1.82, 2.24) is 4.98 Å². The normalized spacial score (nSPS) is 23.0. The Hall–Kier alpha value is -1.65. The number of hydrogen-bond donors (Lipinski definition) is 0. The van der Waals surface area contributed by atoms with Crippen molar-refractivity contribution in [2.24, 2.45) is 11.8 Å². The van der Waals surface area contributed by atoms with E-state index in [2.05, 4.69) is 4.98 Å². The first kappa shape index (κ1) is 14.9. The predicted molar refractivity (Wildman–Crippen MR) is 91.3 cm³/mol. The van der Waals surface area contributed by atoms with Crippen molar-refractivity contribution in [3.05, 3.63) is 52.2 Å². The van der Waals surface area contributed by atoms with Crippen LogP contribution in [0.3, 0.4) is 0 Å². The van der Waals surface area contributed by atoms with E-state index in [0.29, 0.717) is 12.5 Å². The fourth-order valence-electron chi connectivity index (χ4n) is 3.29. The number of carbonyl (C=O) groups excluding carboxylic acids is 1. The van der Waals surface area contributed by atoms with Gasteiger partial charge in [-0.05, 0) is 31.4 Å². The lowest BCUT2D eigenvalue weighted by Crippen LogP contribution is -2.17. The number of rotatable bonds is 4. The Morgan fingerprint density at radius 2 is 2.00 bits per heavy atom. The Kier molecular flexibility index (Phi) is 3.95. The minimum atomic E-state index is 0.236. The summed E-state index contributed by atoms with van der Waals surface area (Å²) in [6.07, 6.45) is 6.60. The molecule has 4 rings (SSSR count). The van der Waals surface area contributed by atoms with E-state index in [-0.39, 0.29) is 11.7 Å². The molecule has 0 radical (unpaired) electrons. The molecule has 1 saturated carbocycles. The van der Waals surface area contributed by atoms with E-state index in [0.717, 1.165) is 45.5 Å². The van der Waals surface area contributed by atoms with Gasteiger partial charge >= 0.3 is 0 Å². The third-order valence-electron chi connectivity index (χ3n) is 4.55. The van der Waals surface area contributed by atoms with Crippen molar-refractivity contribution >= 4 is 28.7 Å². The number of fused-ring (bicyclic) bond motifs is 2. The summed E-state index contributed by atoms with van der Waals surface area (Å²) in [6, 6.07) is 7.66. The van der Waals surface area contributed by atoms with Gasteiger partial charge in [0.25, 0.3) is 0 Å². The molecular formula is C18H16ClNO2S. The third-order valence-corrected chi connectivity index (χ3v) is 5.82. The summed E-state index contributed by atoms with van der Waals surface area (Å²) in [4.78, 5) is 17.4. The quantitative estimate of drug-likeness (QED) is 0.794. The molecule has 2 atom stereocenters. The van der Waals surface area contributed by atoms with Crippen LogP contribution in [0, 0.1) is 11.8 Å². The summed E-state index contributed by atoms with van der Waals surface area (Å²) < 4.78 is 5.93. The molecule has 2 aliphatic rings. The second-order valence-corrected chi connectivity index (χ2v) is 7.63. The number of allylic oxidation sites excluding steroid dienone is 2. The van der Waals surface area contributed by atoms with Crippen molar-refractivity contribution < 1.29 is 9.53 Å². The number of carbonyl (C=O) groups is 1. The lowest BCUT2D eigenvalue weighted by atomic mass is 9.93. The third kappa shape index (κ3) is 3.06. The second-order valence-electron chi connectivity index (χ2n) is 6.08. The molecule has 0 amide bonds. The van der Waals surface area contributed by atoms with Gasteiger partial charge in [0.05, 0.1) is 4.88 Å². The number of benzene rings is 1. The van der Waals surface area contributed by atoms with Crippen LogP contribution in [0.1, 0.15) is 24.1 Å². The maximum Gasteiger partial charge on any atom is 0.162 e. The van der Waals surface area contributed by atoms with E-state index in [1.165, 1.54) is 0 Å². The van der Waals surface area contributed by atoms with E-state index < -0.39 is 0 Å². The van der Waals surface area contributed by atoms with Crippen LogP contribution in [0.15, 0.2) is 42.3 Å². The van der Waals surface area contributed by atoms with Crippen LogP contribution in [0.5, 0.6) is 0 Å². The Morgan fingerprint density at radius 1 is 1.22 bits per heavy atom. The van der Waals surface area contributed by atoms with Gasteiger partial charge in [-0.1, -0.05) is 23.7 Å². The maximum absolute atomic E-state index is 11.9. The molecule has 1 aromatic heterocycles. The summed E-state index contributed by atoms with van der Waals surface area (Å²) in [7, 11) is 0. The zero-order valence-corrected chi connectivity index (χ0v) is 14.1. The molecule has 2 bridgehead atoms. The molecule has 1 heterocycles. The van der Waals surface area contributed by atoms with Gasteiger partial charge in [0.1, 0.15) is 17.4 Å². The Labute approximate surface area is 144 Å². The summed E-state index contributed by atoms with van der Waals surface area (Å²) in [5, 5.41) is 1.67. The topological polar surface area (TPSA) is 39.2 Å². The van der Waals surface area contributed by atoms with Gasteiger partial charge in [-0.25, -0.2) is 4.98 Å². The minimum Gasteiger partial charge on any atom is -0.492 e. The van der Waals surface area contributed by atoms with E-state index in [4.69, 9.17) is 16.3 Å². The van der Waals surface area contributed by atoms with E-state index in [9.17, 15) is 4.79 Å². The van der Waals surface area contributed by atoms with E-state index >= 15 is 0 Å². The predicted octanol–water partition coefficient (Wildman–Crippen LogP) is 4.86. The molecule has 2 unspecified atom stereocenters. The highest BCUT2D eigenvalue weighted by molar-refractivity contribution is 7.15. The molecule has 0 spiro atoms. The number of ether oxygens (including phenoxy) is 1. The molecule has 5 heteroatoms. The van der Waals surface area contributed by atoms with Crippen molar-refractivity contribution in [3.8, 4) is 10.6 Å². The maximum atomic E-state index is 11.9. The van der Waals surface area contributed by atoms with Gasteiger partial charge in [0, 0.05) is 34.7 Å². The molecule has 2 aliphatic carbocycles. The van der Waals surface area contributed by atoms with Crippen molar-refractivity contribution in [3.63, 3.8) is 0 Å². The molecule has 0 saturated heterocycles.